The number of nitrogens with one attached hydrogen (secondary N) is 1. The minimum atomic E-state index is -0.435. The maximum atomic E-state index is 11.3. The van der Waals surface area contributed by atoms with Crippen molar-refractivity contribution < 1.29 is 23.6 Å². The predicted octanol–water partition coefficient (Wildman–Crippen LogP) is 2.50. The zero-order valence-electron chi connectivity index (χ0n) is 15.9. The van der Waals surface area contributed by atoms with Gasteiger partial charge in [0.25, 0.3) is 0 Å². The Labute approximate surface area is 150 Å². The number of ether oxygens (including phenoxy) is 2. The summed E-state index contributed by atoms with van der Waals surface area (Å²) in [4.78, 5) is 11.3. The lowest BCUT2D eigenvalue weighted by atomic mass is 9.79. The summed E-state index contributed by atoms with van der Waals surface area (Å²) >= 11 is 0. The zero-order chi connectivity index (χ0) is 18.7. The number of benzene rings is 1. The van der Waals surface area contributed by atoms with E-state index in [1.807, 2.05) is 58.9 Å². The third-order valence-electron chi connectivity index (χ3n) is 4.55. The van der Waals surface area contributed by atoms with Crippen LogP contribution in [0.25, 0.3) is 0 Å². The van der Waals surface area contributed by atoms with Crippen molar-refractivity contribution in [1.29, 1.82) is 0 Å². The van der Waals surface area contributed by atoms with Crippen LogP contribution in [0.3, 0.4) is 0 Å². The van der Waals surface area contributed by atoms with Crippen LogP contribution in [0.5, 0.6) is 5.75 Å². The van der Waals surface area contributed by atoms with Crippen molar-refractivity contribution in [3.8, 4) is 5.75 Å². The summed E-state index contributed by atoms with van der Waals surface area (Å²) in [6, 6.07) is 7.46. The van der Waals surface area contributed by atoms with Crippen molar-refractivity contribution in [3.05, 3.63) is 24.3 Å². The number of amides is 1. The van der Waals surface area contributed by atoms with Gasteiger partial charge in [0.2, 0.25) is 0 Å². The third kappa shape index (κ3) is 4.89. The lowest BCUT2D eigenvalue weighted by Crippen LogP contribution is -2.41. The van der Waals surface area contributed by atoms with Gasteiger partial charge >= 0.3 is 13.2 Å². The topological polar surface area (TPSA) is 66.0 Å². The van der Waals surface area contributed by atoms with Crippen molar-refractivity contribution in [2.24, 2.45) is 0 Å². The van der Waals surface area contributed by atoms with Crippen LogP contribution in [-0.2, 0) is 14.0 Å². The Morgan fingerprint density at radius 1 is 1.16 bits per heavy atom. The van der Waals surface area contributed by atoms with E-state index in [1.54, 1.807) is 6.92 Å². The highest BCUT2D eigenvalue weighted by atomic mass is 16.7. The average Bonchev–Trinajstić information content (AvgIpc) is 2.74. The van der Waals surface area contributed by atoms with Gasteiger partial charge in [-0.05, 0) is 59.1 Å². The minimum absolute atomic E-state index is 0.151. The molecule has 1 heterocycles. The van der Waals surface area contributed by atoms with Gasteiger partial charge in [0.1, 0.15) is 12.4 Å². The molecular weight excluding hydrogens is 321 g/mol. The summed E-state index contributed by atoms with van der Waals surface area (Å²) < 4.78 is 22.6. The molecule has 138 valence electrons. The number of alkyl carbamates (subject to hydrolysis) is 1. The number of carbonyl (C=O) groups excluding carboxylic acids is 1. The van der Waals surface area contributed by atoms with Crippen molar-refractivity contribution in [3.63, 3.8) is 0 Å². The van der Waals surface area contributed by atoms with Crippen molar-refractivity contribution in [1.82, 2.24) is 5.32 Å². The molecule has 2 rings (SSSR count). The molecular formula is C18H28BNO5. The number of carbonyl (C=O) groups is 1. The van der Waals surface area contributed by atoms with Gasteiger partial charge in [-0.3, -0.25) is 0 Å². The SMILES string of the molecule is CCOC(=O)NC(C)COc1ccc(B2OC(C)(C)C(C)(C)O2)cc1. The first-order valence-corrected chi connectivity index (χ1v) is 8.66. The van der Waals surface area contributed by atoms with Crippen LogP contribution in [-0.4, -0.2) is 43.7 Å². The molecule has 1 N–H and O–H groups in total. The fraction of sp³-hybridized carbons (Fsp3) is 0.611. The van der Waals surface area contributed by atoms with Crippen LogP contribution in [0.4, 0.5) is 4.79 Å². The Morgan fingerprint density at radius 2 is 1.72 bits per heavy atom. The molecule has 0 aromatic heterocycles. The quantitative estimate of drug-likeness (QED) is 0.800. The Kier molecular flexibility index (Phi) is 6.01. The van der Waals surface area contributed by atoms with E-state index in [9.17, 15) is 4.79 Å². The maximum absolute atomic E-state index is 11.3. The molecule has 1 amide bonds. The van der Waals surface area contributed by atoms with E-state index in [0.29, 0.717) is 13.2 Å². The molecule has 1 aromatic rings. The number of hydrogen-bond acceptors (Lipinski definition) is 5. The first kappa shape index (κ1) is 19.6. The van der Waals surface area contributed by atoms with Crippen LogP contribution in [0.15, 0.2) is 24.3 Å². The highest BCUT2D eigenvalue weighted by Crippen LogP contribution is 2.36. The molecule has 1 fully saturated rings. The Balaban J connectivity index is 1.87. The van der Waals surface area contributed by atoms with Gasteiger partial charge in [-0.25, -0.2) is 4.79 Å². The van der Waals surface area contributed by atoms with E-state index in [1.165, 1.54) is 0 Å². The normalized spacial score (nSPS) is 19.4. The first-order valence-electron chi connectivity index (χ1n) is 8.66. The van der Waals surface area contributed by atoms with E-state index in [-0.39, 0.29) is 24.4 Å². The summed E-state index contributed by atoms with van der Waals surface area (Å²) in [6.45, 7) is 12.4. The molecule has 1 aliphatic rings. The second-order valence-corrected chi connectivity index (χ2v) is 7.23. The Morgan fingerprint density at radius 3 is 2.24 bits per heavy atom. The first-order chi connectivity index (χ1) is 11.6. The molecule has 0 aliphatic carbocycles. The summed E-state index contributed by atoms with van der Waals surface area (Å²) in [5.41, 5.74) is 0.228. The fourth-order valence-corrected chi connectivity index (χ4v) is 2.34. The summed E-state index contributed by atoms with van der Waals surface area (Å²) in [7, 11) is -0.386. The standard InChI is InChI=1S/C18H28BNO5/c1-7-22-16(21)20-13(2)12-23-15-10-8-14(9-11-15)19-24-17(3,4)18(5,6)25-19/h8-11,13H,7,12H2,1-6H3,(H,20,21). The molecule has 6 nitrogen and oxygen atoms in total. The molecule has 7 heteroatoms. The summed E-state index contributed by atoms with van der Waals surface area (Å²) in [6.07, 6.45) is -0.435. The van der Waals surface area contributed by atoms with Crippen molar-refractivity contribution in [2.75, 3.05) is 13.2 Å². The molecule has 0 radical (unpaired) electrons. The van der Waals surface area contributed by atoms with E-state index < -0.39 is 6.09 Å². The fourth-order valence-electron chi connectivity index (χ4n) is 2.34. The third-order valence-corrected chi connectivity index (χ3v) is 4.55. The Bertz CT molecular complexity index is 572. The van der Waals surface area contributed by atoms with Crippen LogP contribution in [0, 0.1) is 0 Å². The van der Waals surface area contributed by atoms with E-state index in [4.69, 9.17) is 18.8 Å². The molecule has 1 unspecified atom stereocenters. The zero-order valence-corrected chi connectivity index (χ0v) is 15.9. The van der Waals surface area contributed by atoms with E-state index in [2.05, 4.69) is 5.32 Å². The molecule has 1 aliphatic heterocycles. The summed E-state index contributed by atoms with van der Waals surface area (Å²) in [5.74, 6) is 0.720. The monoisotopic (exact) mass is 349 g/mol. The van der Waals surface area contributed by atoms with Gasteiger partial charge in [-0.2, -0.15) is 0 Å². The van der Waals surface area contributed by atoms with Crippen LogP contribution in [0.2, 0.25) is 0 Å². The molecule has 25 heavy (non-hydrogen) atoms. The molecule has 1 saturated heterocycles. The van der Waals surface area contributed by atoms with Gasteiger partial charge in [0.05, 0.1) is 23.9 Å². The lowest BCUT2D eigenvalue weighted by molar-refractivity contribution is 0.00578. The molecule has 0 spiro atoms. The molecule has 0 saturated carbocycles. The van der Waals surface area contributed by atoms with Gasteiger partial charge in [-0.15, -0.1) is 0 Å². The van der Waals surface area contributed by atoms with Crippen molar-refractivity contribution in [2.45, 2.75) is 58.8 Å². The predicted molar refractivity (Wildman–Crippen MR) is 97.3 cm³/mol. The molecule has 0 bridgehead atoms. The van der Waals surface area contributed by atoms with Gasteiger partial charge < -0.3 is 24.1 Å². The van der Waals surface area contributed by atoms with Crippen LogP contribution < -0.4 is 15.5 Å². The number of hydrogen-bond donors (Lipinski definition) is 1. The molecule has 1 aromatic carbocycles. The second kappa shape index (κ2) is 7.66. The van der Waals surface area contributed by atoms with Crippen LogP contribution >= 0.6 is 0 Å². The van der Waals surface area contributed by atoms with E-state index >= 15 is 0 Å². The average molecular weight is 349 g/mol. The maximum Gasteiger partial charge on any atom is 0.494 e. The molecule has 1 atom stereocenters. The van der Waals surface area contributed by atoms with Gasteiger partial charge in [-0.1, -0.05) is 12.1 Å². The van der Waals surface area contributed by atoms with Gasteiger partial charge in [0, 0.05) is 0 Å². The highest BCUT2D eigenvalue weighted by molar-refractivity contribution is 6.62. The minimum Gasteiger partial charge on any atom is -0.491 e. The Hall–Kier alpha value is -1.73. The smallest absolute Gasteiger partial charge is 0.491 e. The number of rotatable bonds is 6. The van der Waals surface area contributed by atoms with E-state index in [0.717, 1.165) is 11.2 Å². The largest absolute Gasteiger partial charge is 0.494 e. The second-order valence-electron chi connectivity index (χ2n) is 7.23. The summed E-state index contributed by atoms with van der Waals surface area (Å²) in [5, 5.41) is 2.70. The van der Waals surface area contributed by atoms with Crippen molar-refractivity contribution >= 4 is 18.7 Å². The lowest BCUT2D eigenvalue weighted by Gasteiger charge is -2.32. The van der Waals surface area contributed by atoms with Gasteiger partial charge in [0.15, 0.2) is 0 Å². The van der Waals surface area contributed by atoms with Crippen LogP contribution in [0.1, 0.15) is 41.5 Å². The highest BCUT2D eigenvalue weighted by Gasteiger charge is 2.51.